The zero-order valence-electron chi connectivity index (χ0n) is 33.5. The summed E-state index contributed by atoms with van der Waals surface area (Å²) in [4.78, 5) is 12.8. The summed E-state index contributed by atoms with van der Waals surface area (Å²) >= 11 is 0. The van der Waals surface area contributed by atoms with Gasteiger partial charge in [0.15, 0.2) is 6.29 Å². The number of hydrogen-bond acceptors (Lipinski definition) is 8. The van der Waals surface area contributed by atoms with Gasteiger partial charge in [0.2, 0.25) is 5.91 Å². The first-order chi connectivity index (χ1) is 25.8. The van der Waals surface area contributed by atoms with Crippen LogP contribution in [0.5, 0.6) is 0 Å². The van der Waals surface area contributed by atoms with Gasteiger partial charge in [-0.15, -0.1) is 0 Å². The maximum absolute atomic E-state index is 12.8. The second-order valence-electron chi connectivity index (χ2n) is 14.8. The number of unbranched alkanes of at least 4 members (excludes halogenated alkanes) is 18. The van der Waals surface area contributed by atoms with Crippen molar-refractivity contribution in [2.75, 3.05) is 13.2 Å². The molecule has 1 amide bonds. The Labute approximate surface area is 323 Å². The molecule has 0 saturated carbocycles. The standard InChI is InChI=1S/C44H79NO8/c1-3-5-7-9-11-13-15-16-17-18-19-20-21-22-23-24-25-27-29-31-33-38(47)37(36-52-44-43(51)42(50)41(49)39(35-46)53-44)45-40(48)34-32-30-28-26-14-12-10-8-6-4-2/h10,12,20-21,24-25,31,33,37-39,41-44,46-47,49-51H,3-9,11,13-19,22-23,26-30,32,34-36H2,1-2H3,(H,45,48)/b12-10-,21-20+,25-24+,33-31+. The molecular weight excluding hydrogens is 670 g/mol. The molecule has 1 heterocycles. The fraction of sp³-hybridized carbons (Fsp3) is 0.795. The molecule has 53 heavy (non-hydrogen) atoms. The lowest BCUT2D eigenvalue weighted by Gasteiger charge is -2.40. The summed E-state index contributed by atoms with van der Waals surface area (Å²) in [6.07, 6.45) is 35.9. The van der Waals surface area contributed by atoms with Gasteiger partial charge < -0.3 is 40.3 Å². The molecule has 1 aliphatic rings. The van der Waals surface area contributed by atoms with Crippen molar-refractivity contribution < 1.29 is 39.8 Å². The van der Waals surface area contributed by atoms with Gasteiger partial charge in [-0.2, -0.15) is 0 Å². The SMILES string of the molecule is CCCC/C=C\CCCCCCC(=O)NC(COC1OC(CO)C(O)C(O)C1O)C(O)/C=C/CC/C=C/CC/C=C/CCCCCCCCCCCC. The Hall–Kier alpha value is -1.85. The van der Waals surface area contributed by atoms with Crippen LogP contribution in [0.2, 0.25) is 0 Å². The summed E-state index contributed by atoms with van der Waals surface area (Å²) in [6.45, 7) is 3.67. The summed E-state index contributed by atoms with van der Waals surface area (Å²) in [5.41, 5.74) is 0. The van der Waals surface area contributed by atoms with Crippen LogP contribution in [0.3, 0.4) is 0 Å². The maximum atomic E-state index is 12.8. The van der Waals surface area contributed by atoms with Crippen LogP contribution < -0.4 is 5.32 Å². The van der Waals surface area contributed by atoms with Gasteiger partial charge in [-0.25, -0.2) is 0 Å². The Kier molecular flexibility index (Phi) is 32.1. The Balaban J connectivity index is 2.42. The summed E-state index contributed by atoms with van der Waals surface area (Å²) in [7, 11) is 0. The molecule has 7 atom stereocenters. The van der Waals surface area contributed by atoms with E-state index in [1.165, 1.54) is 83.5 Å². The third kappa shape index (κ3) is 25.8. The van der Waals surface area contributed by atoms with Gasteiger partial charge in [-0.1, -0.05) is 146 Å². The van der Waals surface area contributed by atoms with E-state index < -0.39 is 49.5 Å². The number of aliphatic hydroxyl groups excluding tert-OH is 5. The smallest absolute Gasteiger partial charge is 0.220 e. The zero-order valence-corrected chi connectivity index (χ0v) is 33.5. The molecule has 9 nitrogen and oxygen atoms in total. The Morgan fingerprint density at radius 2 is 1.09 bits per heavy atom. The van der Waals surface area contributed by atoms with E-state index in [1.54, 1.807) is 6.08 Å². The predicted molar refractivity (Wildman–Crippen MR) is 216 cm³/mol. The topological polar surface area (TPSA) is 149 Å². The van der Waals surface area contributed by atoms with Gasteiger partial charge in [0.1, 0.15) is 24.4 Å². The minimum atomic E-state index is -1.57. The number of carbonyl (C=O) groups excluding carboxylic acids is 1. The number of aliphatic hydroxyl groups is 5. The normalized spacial score (nSPS) is 22.1. The molecule has 0 bridgehead atoms. The Morgan fingerprint density at radius 3 is 1.64 bits per heavy atom. The number of carbonyl (C=O) groups is 1. The van der Waals surface area contributed by atoms with Crippen molar-refractivity contribution in [3.8, 4) is 0 Å². The minimum absolute atomic E-state index is 0.209. The van der Waals surface area contributed by atoms with Crippen LogP contribution >= 0.6 is 0 Å². The highest BCUT2D eigenvalue weighted by atomic mass is 16.7. The van der Waals surface area contributed by atoms with Gasteiger partial charge in [0.05, 0.1) is 25.4 Å². The number of amides is 1. The van der Waals surface area contributed by atoms with Crippen molar-refractivity contribution in [1.82, 2.24) is 5.32 Å². The van der Waals surface area contributed by atoms with E-state index >= 15 is 0 Å². The van der Waals surface area contributed by atoms with E-state index in [4.69, 9.17) is 9.47 Å². The van der Waals surface area contributed by atoms with Crippen LogP contribution in [0, 0.1) is 0 Å². The number of nitrogens with one attached hydrogen (secondary N) is 1. The summed E-state index contributed by atoms with van der Waals surface area (Å²) in [5, 5.41) is 53.9. The summed E-state index contributed by atoms with van der Waals surface area (Å²) < 4.78 is 11.1. The third-order valence-electron chi connectivity index (χ3n) is 9.85. The van der Waals surface area contributed by atoms with Crippen LogP contribution in [0.25, 0.3) is 0 Å². The molecule has 1 rings (SSSR count). The van der Waals surface area contributed by atoms with E-state index in [0.29, 0.717) is 6.42 Å². The number of hydrogen-bond donors (Lipinski definition) is 6. The molecule has 1 saturated heterocycles. The van der Waals surface area contributed by atoms with Crippen LogP contribution in [0.1, 0.15) is 168 Å². The molecule has 308 valence electrons. The monoisotopic (exact) mass is 750 g/mol. The lowest BCUT2D eigenvalue weighted by Crippen LogP contribution is -2.60. The van der Waals surface area contributed by atoms with Gasteiger partial charge >= 0.3 is 0 Å². The first kappa shape index (κ1) is 49.2. The van der Waals surface area contributed by atoms with Crippen LogP contribution in [-0.4, -0.2) is 87.5 Å². The van der Waals surface area contributed by atoms with Gasteiger partial charge in [0.25, 0.3) is 0 Å². The fourth-order valence-corrected chi connectivity index (χ4v) is 6.34. The Bertz CT molecular complexity index is 967. The molecule has 9 heteroatoms. The molecule has 0 aromatic carbocycles. The molecule has 6 N–H and O–H groups in total. The van der Waals surface area contributed by atoms with E-state index in [-0.39, 0.29) is 12.5 Å². The molecule has 0 spiro atoms. The van der Waals surface area contributed by atoms with Crippen molar-refractivity contribution in [3.05, 3.63) is 48.6 Å². The molecule has 0 radical (unpaired) electrons. The Morgan fingerprint density at radius 1 is 0.623 bits per heavy atom. The lowest BCUT2D eigenvalue weighted by molar-refractivity contribution is -0.302. The van der Waals surface area contributed by atoms with E-state index in [2.05, 4.69) is 55.6 Å². The van der Waals surface area contributed by atoms with Crippen molar-refractivity contribution in [2.45, 2.75) is 211 Å². The lowest BCUT2D eigenvalue weighted by atomic mass is 9.99. The largest absolute Gasteiger partial charge is 0.394 e. The summed E-state index contributed by atoms with van der Waals surface area (Å²) in [6, 6.07) is -0.831. The van der Waals surface area contributed by atoms with Crippen molar-refractivity contribution >= 4 is 5.91 Å². The quantitative estimate of drug-likeness (QED) is 0.0285. The highest BCUT2D eigenvalue weighted by molar-refractivity contribution is 5.76. The van der Waals surface area contributed by atoms with E-state index in [1.807, 2.05) is 6.08 Å². The van der Waals surface area contributed by atoms with Crippen molar-refractivity contribution in [3.63, 3.8) is 0 Å². The van der Waals surface area contributed by atoms with E-state index in [0.717, 1.165) is 64.2 Å². The van der Waals surface area contributed by atoms with Crippen molar-refractivity contribution in [2.24, 2.45) is 0 Å². The molecule has 1 aliphatic heterocycles. The third-order valence-corrected chi connectivity index (χ3v) is 9.85. The predicted octanol–water partition coefficient (Wildman–Crippen LogP) is 8.28. The van der Waals surface area contributed by atoms with Crippen LogP contribution in [0.4, 0.5) is 0 Å². The average molecular weight is 750 g/mol. The first-order valence-electron chi connectivity index (χ1n) is 21.4. The average Bonchev–Trinajstić information content (AvgIpc) is 3.16. The summed E-state index contributed by atoms with van der Waals surface area (Å²) in [5.74, 6) is -0.209. The van der Waals surface area contributed by atoms with Gasteiger partial charge in [0, 0.05) is 6.42 Å². The molecule has 1 fully saturated rings. The zero-order chi connectivity index (χ0) is 38.8. The molecule has 7 unspecified atom stereocenters. The van der Waals surface area contributed by atoms with Crippen molar-refractivity contribution in [1.29, 1.82) is 0 Å². The molecule has 0 aliphatic carbocycles. The highest BCUT2D eigenvalue weighted by Crippen LogP contribution is 2.22. The van der Waals surface area contributed by atoms with Gasteiger partial charge in [-0.3, -0.25) is 4.79 Å². The molecule has 0 aromatic rings. The first-order valence-corrected chi connectivity index (χ1v) is 21.4. The molecule has 0 aromatic heterocycles. The second-order valence-corrected chi connectivity index (χ2v) is 14.8. The van der Waals surface area contributed by atoms with Crippen LogP contribution in [-0.2, 0) is 14.3 Å². The van der Waals surface area contributed by atoms with E-state index in [9.17, 15) is 30.3 Å². The highest BCUT2D eigenvalue weighted by Gasteiger charge is 2.44. The minimum Gasteiger partial charge on any atom is -0.394 e. The van der Waals surface area contributed by atoms with Gasteiger partial charge in [-0.05, 0) is 64.2 Å². The fourth-order valence-electron chi connectivity index (χ4n) is 6.34. The second kappa shape index (κ2) is 34.6. The number of allylic oxidation sites excluding steroid dienone is 7. The molecular formula is C44H79NO8. The maximum Gasteiger partial charge on any atom is 0.220 e. The number of rotatable bonds is 34. The number of ether oxygens (including phenoxy) is 2. The van der Waals surface area contributed by atoms with Crippen LogP contribution in [0.15, 0.2) is 48.6 Å².